The minimum Gasteiger partial charge on any atom is -0.313 e. The minimum absolute atomic E-state index is 0.671. The molecule has 1 rings (SSSR count). The predicted octanol–water partition coefficient (Wildman–Crippen LogP) is 3.28. The molecule has 0 bridgehead atoms. The molecule has 0 amide bonds. The maximum absolute atomic E-state index is 3.69. The Morgan fingerprint density at radius 3 is 2.18 bits per heavy atom. The smallest absolute Gasteiger partial charge is 0.0192 e. The number of hydrogen-bond acceptors (Lipinski definition) is 2. The summed E-state index contributed by atoms with van der Waals surface area (Å²) < 4.78 is 0. The van der Waals surface area contributed by atoms with Crippen molar-refractivity contribution in [3.63, 3.8) is 0 Å². The van der Waals surface area contributed by atoms with Crippen molar-refractivity contribution in [2.45, 2.75) is 71.9 Å². The standard InChI is InChI=1S/C15H32N2/c1-13(2)8-9-14(3)16-12-15(4)17-10-6-5-7-11-17/h13-16H,5-12H2,1-4H3. The summed E-state index contributed by atoms with van der Waals surface area (Å²) >= 11 is 0. The van der Waals surface area contributed by atoms with Crippen molar-refractivity contribution in [2.24, 2.45) is 5.92 Å². The van der Waals surface area contributed by atoms with Crippen LogP contribution in [-0.4, -0.2) is 36.6 Å². The number of likely N-dealkylation sites (tertiary alicyclic amines) is 1. The molecule has 2 atom stereocenters. The fourth-order valence-corrected chi connectivity index (χ4v) is 2.55. The SMILES string of the molecule is CC(C)CCC(C)NCC(C)N1CCCCC1. The number of hydrogen-bond donors (Lipinski definition) is 1. The van der Waals surface area contributed by atoms with E-state index in [1.165, 1.54) is 45.2 Å². The first-order valence-electron chi connectivity index (χ1n) is 7.57. The summed E-state index contributed by atoms with van der Waals surface area (Å²) in [5.74, 6) is 0.832. The Kier molecular flexibility index (Phi) is 7.14. The topological polar surface area (TPSA) is 15.3 Å². The molecule has 1 fully saturated rings. The highest BCUT2D eigenvalue weighted by Gasteiger charge is 2.16. The van der Waals surface area contributed by atoms with E-state index in [1.54, 1.807) is 0 Å². The number of nitrogens with one attached hydrogen (secondary N) is 1. The van der Waals surface area contributed by atoms with Crippen molar-refractivity contribution >= 4 is 0 Å². The molecular formula is C15H32N2. The van der Waals surface area contributed by atoms with Gasteiger partial charge in [-0.3, -0.25) is 4.90 Å². The van der Waals surface area contributed by atoms with E-state index in [0.717, 1.165) is 12.5 Å². The zero-order valence-corrected chi connectivity index (χ0v) is 12.3. The van der Waals surface area contributed by atoms with Gasteiger partial charge in [0.1, 0.15) is 0 Å². The van der Waals surface area contributed by atoms with Gasteiger partial charge < -0.3 is 5.32 Å². The van der Waals surface area contributed by atoms with Crippen molar-refractivity contribution in [1.29, 1.82) is 0 Å². The van der Waals surface area contributed by atoms with Crippen LogP contribution in [0.1, 0.15) is 59.8 Å². The first-order chi connectivity index (χ1) is 8.09. The van der Waals surface area contributed by atoms with Crippen LogP contribution in [-0.2, 0) is 0 Å². The Hall–Kier alpha value is -0.0800. The van der Waals surface area contributed by atoms with Crippen molar-refractivity contribution in [3.8, 4) is 0 Å². The highest BCUT2D eigenvalue weighted by molar-refractivity contribution is 4.74. The van der Waals surface area contributed by atoms with E-state index in [0.29, 0.717) is 12.1 Å². The molecule has 0 spiro atoms. The maximum atomic E-state index is 3.69. The van der Waals surface area contributed by atoms with Crippen LogP contribution in [0, 0.1) is 5.92 Å². The summed E-state index contributed by atoms with van der Waals surface area (Å²) in [6.07, 6.45) is 6.87. The molecule has 102 valence electrons. The van der Waals surface area contributed by atoms with Gasteiger partial charge in [-0.25, -0.2) is 0 Å². The van der Waals surface area contributed by atoms with Gasteiger partial charge >= 0.3 is 0 Å². The minimum atomic E-state index is 0.671. The Morgan fingerprint density at radius 1 is 0.941 bits per heavy atom. The molecule has 2 unspecified atom stereocenters. The zero-order chi connectivity index (χ0) is 12.7. The van der Waals surface area contributed by atoms with Crippen LogP contribution in [0.25, 0.3) is 0 Å². The Labute approximate surface area is 108 Å². The third-order valence-electron chi connectivity index (χ3n) is 3.95. The molecule has 0 radical (unpaired) electrons. The van der Waals surface area contributed by atoms with Gasteiger partial charge in [-0.1, -0.05) is 20.3 Å². The second-order valence-electron chi connectivity index (χ2n) is 6.23. The Morgan fingerprint density at radius 2 is 1.59 bits per heavy atom. The second kappa shape index (κ2) is 8.10. The molecule has 17 heavy (non-hydrogen) atoms. The number of nitrogens with zero attached hydrogens (tertiary/aromatic N) is 1. The summed E-state index contributed by atoms with van der Waals surface area (Å²) in [6, 6.07) is 1.38. The largest absolute Gasteiger partial charge is 0.313 e. The molecule has 0 aromatic heterocycles. The van der Waals surface area contributed by atoms with Gasteiger partial charge in [0.05, 0.1) is 0 Å². The fraction of sp³-hybridized carbons (Fsp3) is 1.00. The van der Waals surface area contributed by atoms with Gasteiger partial charge in [-0.15, -0.1) is 0 Å². The van der Waals surface area contributed by atoms with E-state index in [2.05, 4.69) is 37.9 Å². The van der Waals surface area contributed by atoms with Gasteiger partial charge in [-0.2, -0.15) is 0 Å². The van der Waals surface area contributed by atoms with Gasteiger partial charge in [0.2, 0.25) is 0 Å². The lowest BCUT2D eigenvalue weighted by molar-refractivity contribution is 0.168. The van der Waals surface area contributed by atoms with Crippen LogP contribution < -0.4 is 5.32 Å². The fourth-order valence-electron chi connectivity index (χ4n) is 2.55. The predicted molar refractivity (Wildman–Crippen MR) is 76.4 cm³/mol. The molecule has 0 saturated carbocycles. The van der Waals surface area contributed by atoms with E-state index in [1.807, 2.05) is 0 Å². The number of rotatable bonds is 7. The van der Waals surface area contributed by atoms with Crippen LogP contribution in [0.15, 0.2) is 0 Å². The van der Waals surface area contributed by atoms with Crippen molar-refractivity contribution < 1.29 is 0 Å². The highest BCUT2D eigenvalue weighted by Crippen LogP contribution is 2.12. The summed E-state index contributed by atoms with van der Waals surface area (Å²) in [5, 5.41) is 3.69. The lowest BCUT2D eigenvalue weighted by atomic mass is 10.0. The Bertz CT molecular complexity index is 185. The van der Waals surface area contributed by atoms with Gasteiger partial charge in [0.25, 0.3) is 0 Å². The van der Waals surface area contributed by atoms with Crippen molar-refractivity contribution in [1.82, 2.24) is 10.2 Å². The molecule has 0 aromatic rings. The third kappa shape index (κ3) is 6.42. The summed E-state index contributed by atoms with van der Waals surface area (Å²) in [4.78, 5) is 2.64. The van der Waals surface area contributed by atoms with Crippen LogP contribution >= 0.6 is 0 Å². The van der Waals surface area contributed by atoms with E-state index in [4.69, 9.17) is 0 Å². The average Bonchev–Trinajstić information content (AvgIpc) is 2.34. The molecule has 0 aliphatic carbocycles. The second-order valence-corrected chi connectivity index (χ2v) is 6.23. The van der Waals surface area contributed by atoms with Gasteiger partial charge in [0.15, 0.2) is 0 Å². The van der Waals surface area contributed by atoms with E-state index in [9.17, 15) is 0 Å². The molecule has 1 aliphatic heterocycles. The van der Waals surface area contributed by atoms with E-state index in [-0.39, 0.29) is 0 Å². The number of piperidine rings is 1. The van der Waals surface area contributed by atoms with Crippen LogP contribution in [0.2, 0.25) is 0 Å². The molecule has 2 heteroatoms. The van der Waals surface area contributed by atoms with Crippen LogP contribution in [0.5, 0.6) is 0 Å². The quantitative estimate of drug-likeness (QED) is 0.735. The molecule has 2 nitrogen and oxygen atoms in total. The molecule has 1 aliphatic rings. The van der Waals surface area contributed by atoms with Crippen LogP contribution in [0.4, 0.5) is 0 Å². The normalized spacial score (nSPS) is 21.7. The Balaban J connectivity index is 2.11. The third-order valence-corrected chi connectivity index (χ3v) is 3.95. The molecule has 1 heterocycles. The summed E-state index contributed by atoms with van der Waals surface area (Å²) in [6.45, 7) is 13.1. The lowest BCUT2D eigenvalue weighted by Crippen LogP contribution is -2.45. The zero-order valence-electron chi connectivity index (χ0n) is 12.3. The summed E-state index contributed by atoms with van der Waals surface area (Å²) in [5.41, 5.74) is 0. The van der Waals surface area contributed by atoms with Gasteiger partial charge in [0, 0.05) is 18.6 Å². The molecule has 0 aromatic carbocycles. The molecular weight excluding hydrogens is 208 g/mol. The van der Waals surface area contributed by atoms with Gasteiger partial charge in [-0.05, 0) is 58.5 Å². The summed E-state index contributed by atoms with van der Waals surface area (Å²) in [7, 11) is 0. The van der Waals surface area contributed by atoms with Crippen molar-refractivity contribution in [2.75, 3.05) is 19.6 Å². The molecule has 1 saturated heterocycles. The van der Waals surface area contributed by atoms with E-state index >= 15 is 0 Å². The first-order valence-corrected chi connectivity index (χ1v) is 7.57. The van der Waals surface area contributed by atoms with Crippen molar-refractivity contribution in [3.05, 3.63) is 0 Å². The molecule has 1 N–H and O–H groups in total. The average molecular weight is 240 g/mol. The maximum Gasteiger partial charge on any atom is 0.0192 e. The van der Waals surface area contributed by atoms with E-state index < -0.39 is 0 Å². The van der Waals surface area contributed by atoms with Crippen LogP contribution in [0.3, 0.4) is 0 Å². The first kappa shape index (κ1) is 15.0. The lowest BCUT2D eigenvalue weighted by Gasteiger charge is -2.33. The monoisotopic (exact) mass is 240 g/mol. The highest BCUT2D eigenvalue weighted by atomic mass is 15.2.